The molecule has 4 nitrogen and oxygen atoms in total. The number of likely N-dealkylation sites (N-methyl/N-ethyl adjacent to an activating group) is 1. The van der Waals surface area contributed by atoms with Crippen molar-refractivity contribution in [2.75, 3.05) is 46.3 Å². The van der Waals surface area contributed by atoms with Crippen molar-refractivity contribution < 1.29 is 4.79 Å². The number of unbranched alkanes of at least 4 members (excludes halogenated alkanes) is 1. The fraction of sp³-hybridized carbons (Fsp3) is 0.933. The monoisotopic (exact) mass is 269 g/mol. The lowest BCUT2D eigenvalue weighted by molar-refractivity contribution is -0.138. The quantitative estimate of drug-likeness (QED) is 0.703. The molecule has 0 saturated carbocycles. The predicted octanol–water partition coefficient (Wildman–Crippen LogP) is 1.66. The molecule has 112 valence electrons. The first-order valence-electron chi connectivity index (χ1n) is 7.85. The molecule has 0 unspecified atom stereocenters. The van der Waals surface area contributed by atoms with E-state index in [0.717, 1.165) is 39.1 Å². The van der Waals surface area contributed by atoms with Gasteiger partial charge >= 0.3 is 0 Å². The lowest BCUT2D eigenvalue weighted by Gasteiger charge is -2.38. The second-order valence-electron chi connectivity index (χ2n) is 5.52. The van der Waals surface area contributed by atoms with Crippen LogP contribution in [0.3, 0.4) is 0 Å². The number of hydrogen-bond acceptors (Lipinski definition) is 3. The minimum atomic E-state index is 0.0622. The second-order valence-corrected chi connectivity index (χ2v) is 5.52. The third-order valence-electron chi connectivity index (χ3n) is 4.21. The summed E-state index contributed by atoms with van der Waals surface area (Å²) in [6.45, 7) is 12.4. The Morgan fingerprint density at radius 2 is 1.79 bits per heavy atom. The van der Waals surface area contributed by atoms with Gasteiger partial charge in [-0.15, -0.1) is 0 Å². The van der Waals surface area contributed by atoms with E-state index in [1.807, 2.05) is 7.05 Å². The minimum absolute atomic E-state index is 0.0622. The van der Waals surface area contributed by atoms with Crippen LogP contribution in [0, 0.1) is 0 Å². The number of carbonyl (C=O) groups is 1. The Kier molecular flexibility index (Phi) is 7.39. The van der Waals surface area contributed by atoms with Crippen LogP contribution in [0.4, 0.5) is 0 Å². The average molecular weight is 269 g/mol. The molecule has 0 aromatic heterocycles. The highest BCUT2D eigenvalue weighted by atomic mass is 16.2. The van der Waals surface area contributed by atoms with Crippen LogP contribution in [0.5, 0.6) is 0 Å². The van der Waals surface area contributed by atoms with Crippen LogP contribution < -0.4 is 0 Å². The van der Waals surface area contributed by atoms with Crippen molar-refractivity contribution in [1.29, 1.82) is 0 Å². The Bertz CT molecular complexity index is 262. The van der Waals surface area contributed by atoms with E-state index in [4.69, 9.17) is 0 Å². The van der Waals surface area contributed by atoms with E-state index >= 15 is 0 Å². The van der Waals surface area contributed by atoms with Crippen molar-refractivity contribution in [3.63, 3.8) is 0 Å². The molecular formula is C15H31N3O. The molecule has 0 radical (unpaired) electrons. The molecule has 1 saturated heterocycles. The van der Waals surface area contributed by atoms with Crippen LogP contribution in [0.1, 0.15) is 40.0 Å². The van der Waals surface area contributed by atoms with E-state index in [2.05, 4.69) is 35.5 Å². The lowest BCUT2D eigenvalue weighted by Crippen LogP contribution is -2.54. The highest BCUT2D eigenvalue weighted by Crippen LogP contribution is 2.10. The lowest BCUT2D eigenvalue weighted by atomic mass is 10.1. The Labute approximate surface area is 118 Å². The van der Waals surface area contributed by atoms with Gasteiger partial charge in [-0.25, -0.2) is 0 Å². The molecule has 0 aromatic carbocycles. The van der Waals surface area contributed by atoms with Gasteiger partial charge in [0.1, 0.15) is 0 Å². The SMILES string of the molecule is CCCCN1CCN(C(=O)[C@H](CC)N(C)CC)CC1. The maximum Gasteiger partial charge on any atom is 0.239 e. The van der Waals surface area contributed by atoms with Crippen LogP contribution in [0.15, 0.2) is 0 Å². The van der Waals surface area contributed by atoms with Crippen LogP contribution in [-0.2, 0) is 4.79 Å². The third kappa shape index (κ3) is 4.77. The standard InChI is InChI=1S/C15H31N3O/c1-5-8-9-17-10-12-18(13-11-17)15(19)14(6-2)16(4)7-3/h14H,5-13H2,1-4H3/t14-/m0/s1. The number of carbonyl (C=O) groups excluding carboxylic acids is 1. The van der Waals surface area contributed by atoms with Gasteiger partial charge in [0.25, 0.3) is 0 Å². The van der Waals surface area contributed by atoms with Crippen molar-refractivity contribution in [2.24, 2.45) is 0 Å². The van der Waals surface area contributed by atoms with Gasteiger partial charge in [-0.2, -0.15) is 0 Å². The van der Waals surface area contributed by atoms with Gasteiger partial charge in [0.2, 0.25) is 5.91 Å². The van der Waals surface area contributed by atoms with Crippen molar-refractivity contribution in [1.82, 2.24) is 14.7 Å². The van der Waals surface area contributed by atoms with Gasteiger partial charge in [0.05, 0.1) is 6.04 Å². The second kappa shape index (κ2) is 8.54. The molecule has 1 amide bonds. The number of nitrogens with zero attached hydrogens (tertiary/aromatic N) is 3. The first-order valence-corrected chi connectivity index (χ1v) is 7.85. The highest BCUT2D eigenvalue weighted by molar-refractivity contribution is 5.82. The minimum Gasteiger partial charge on any atom is -0.339 e. The molecule has 19 heavy (non-hydrogen) atoms. The van der Waals surface area contributed by atoms with E-state index in [1.54, 1.807) is 0 Å². The van der Waals surface area contributed by atoms with Gasteiger partial charge in [0, 0.05) is 26.2 Å². The summed E-state index contributed by atoms with van der Waals surface area (Å²) in [5.41, 5.74) is 0. The maximum absolute atomic E-state index is 12.5. The van der Waals surface area contributed by atoms with Gasteiger partial charge < -0.3 is 4.90 Å². The molecule has 0 N–H and O–H groups in total. The number of piperazine rings is 1. The zero-order chi connectivity index (χ0) is 14.3. The summed E-state index contributed by atoms with van der Waals surface area (Å²) >= 11 is 0. The van der Waals surface area contributed by atoms with Crippen LogP contribution in [-0.4, -0.2) is 73.0 Å². The fourth-order valence-corrected chi connectivity index (χ4v) is 2.68. The molecule has 1 aliphatic heterocycles. The third-order valence-corrected chi connectivity index (χ3v) is 4.21. The molecule has 0 aromatic rings. The van der Waals surface area contributed by atoms with E-state index < -0.39 is 0 Å². The molecular weight excluding hydrogens is 238 g/mol. The van der Waals surface area contributed by atoms with Crippen molar-refractivity contribution in [3.05, 3.63) is 0 Å². The molecule has 1 aliphatic rings. The van der Waals surface area contributed by atoms with Crippen molar-refractivity contribution in [3.8, 4) is 0 Å². The molecule has 0 bridgehead atoms. The van der Waals surface area contributed by atoms with Gasteiger partial charge in [-0.3, -0.25) is 14.6 Å². The van der Waals surface area contributed by atoms with Crippen LogP contribution >= 0.6 is 0 Å². The summed E-state index contributed by atoms with van der Waals surface area (Å²) in [6.07, 6.45) is 3.42. The van der Waals surface area contributed by atoms with E-state index in [0.29, 0.717) is 5.91 Å². The number of rotatable bonds is 7. The smallest absolute Gasteiger partial charge is 0.239 e. The van der Waals surface area contributed by atoms with Crippen molar-refractivity contribution in [2.45, 2.75) is 46.1 Å². The zero-order valence-electron chi connectivity index (χ0n) is 13.2. The molecule has 4 heteroatoms. The summed E-state index contributed by atoms with van der Waals surface area (Å²) in [7, 11) is 2.05. The topological polar surface area (TPSA) is 26.8 Å². The fourth-order valence-electron chi connectivity index (χ4n) is 2.68. The molecule has 1 rings (SSSR count). The highest BCUT2D eigenvalue weighted by Gasteiger charge is 2.28. The Balaban J connectivity index is 2.43. The first kappa shape index (κ1) is 16.4. The largest absolute Gasteiger partial charge is 0.339 e. The van der Waals surface area contributed by atoms with E-state index in [-0.39, 0.29) is 6.04 Å². The zero-order valence-corrected chi connectivity index (χ0v) is 13.2. The van der Waals surface area contributed by atoms with Crippen LogP contribution in [0.25, 0.3) is 0 Å². The Morgan fingerprint density at radius 1 is 1.16 bits per heavy atom. The molecule has 1 fully saturated rings. The summed E-state index contributed by atoms with van der Waals surface area (Å²) in [6, 6.07) is 0.0622. The summed E-state index contributed by atoms with van der Waals surface area (Å²) in [4.78, 5) is 19.2. The van der Waals surface area contributed by atoms with E-state index in [1.165, 1.54) is 19.4 Å². The Morgan fingerprint density at radius 3 is 2.26 bits per heavy atom. The van der Waals surface area contributed by atoms with Gasteiger partial charge in [0.15, 0.2) is 0 Å². The first-order chi connectivity index (χ1) is 9.13. The maximum atomic E-state index is 12.5. The van der Waals surface area contributed by atoms with Gasteiger partial charge in [-0.1, -0.05) is 27.2 Å². The number of hydrogen-bond donors (Lipinski definition) is 0. The molecule has 0 aliphatic carbocycles. The molecule has 0 spiro atoms. The van der Waals surface area contributed by atoms with Crippen molar-refractivity contribution >= 4 is 5.91 Å². The molecule has 1 heterocycles. The summed E-state index contributed by atoms with van der Waals surface area (Å²) in [5, 5.41) is 0. The van der Waals surface area contributed by atoms with Crippen LogP contribution in [0.2, 0.25) is 0 Å². The van der Waals surface area contributed by atoms with E-state index in [9.17, 15) is 4.79 Å². The summed E-state index contributed by atoms with van der Waals surface area (Å²) < 4.78 is 0. The number of amides is 1. The predicted molar refractivity (Wildman–Crippen MR) is 80.3 cm³/mol. The normalized spacial score (nSPS) is 18.9. The average Bonchev–Trinajstić information content (AvgIpc) is 2.46. The summed E-state index contributed by atoms with van der Waals surface area (Å²) in [5.74, 6) is 0.321. The molecule has 1 atom stereocenters. The Hall–Kier alpha value is -0.610. The van der Waals surface area contributed by atoms with Gasteiger partial charge in [-0.05, 0) is 33.0 Å².